The lowest BCUT2D eigenvalue weighted by atomic mass is 9.64. The van der Waals surface area contributed by atoms with E-state index in [1.165, 1.54) is 6.07 Å². The molecule has 1 fully saturated rings. The van der Waals surface area contributed by atoms with Crippen LogP contribution < -0.4 is 0 Å². The van der Waals surface area contributed by atoms with E-state index >= 15 is 0 Å². The van der Waals surface area contributed by atoms with Gasteiger partial charge in [0, 0.05) is 4.47 Å². The molecule has 98 valence electrons. The van der Waals surface area contributed by atoms with Crippen molar-refractivity contribution in [1.29, 1.82) is 0 Å². The third kappa shape index (κ3) is 2.02. The normalized spacial score (nSPS) is 18.2. The lowest BCUT2D eigenvalue weighted by molar-refractivity contribution is -0.147. The molecule has 0 spiro atoms. The van der Waals surface area contributed by atoms with E-state index in [0.717, 1.165) is 18.6 Å². The summed E-state index contributed by atoms with van der Waals surface area (Å²) in [5.74, 6) is -0.978. The van der Waals surface area contributed by atoms with E-state index in [-0.39, 0.29) is 4.47 Å². The van der Waals surface area contributed by atoms with Gasteiger partial charge >= 0.3 is 12.1 Å². The van der Waals surface area contributed by atoms with Gasteiger partial charge in [-0.25, -0.2) is 0 Å². The van der Waals surface area contributed by atoms with Crippen LogP contribution in [0.4, 0.5) is 13.2 Å². The monoisotopic (exact) mass is 322 g/mol. The molecule has 0 aromatic heterocycles. The highest BCUT2D eigenvalue weighted by Gasteiger charge is 2.47. The molecule has 6 heteroatoms. The van der Waals surface area contributed by atoms with Crippen molar-refractivity contribution in [2.75, 3.05) is 0 Å². The third-order valence-electron chi connectivity index (χ3n) is 3.43. The first-order valence-electron chi connectivity index (χ1n) is 5.38. The van der Waals surface area contributed by atoms with Gasteiger partial charge in [0.2, 0.25) is 0 Å². The minimum atomic E-state index is -4.42. The van der Waals surface area contributed by atoms with E-state index in [4.69, 9.17) is 0 Å². The summed E-state index contributed by atoms with van der Waals surface area (Å²) in [6, 6.07) is 3.14. The molecule has 1 aromatic carbocycles. The smallest absolute Gasteiger partial charge is 0.416 e. The molecule has 1 N–H and O–H groups in total. The topological polar surface area (TPSA) is 37.3 Å². The Morgan fingerprint density at radius 1 is 1.33 bits per heavy atom. The molecule has 0 atom stereocenters. The van der Waals surface area contributed by atoms with Crippen LogP contribution in [-0.2, 0) is 16.4 Å². The molecule has 0 aliphatic heterocycles. The van der Waals surface area contributed by atoms with Crippen LogP contribution in [0, 0.1) is 0 Å². The highest BCUT2D eigenvalue weighted by atomic mass is 79.9. The van der Waals surface area contributed by atoms with E-state index < -0.39 is 23.1 Å². The van der Waals surface area contributed by atoms with Gasteiger partial charge in [-0.2, -0.15) is 13.2 Å². The number of halogens is 4. The molecule has 1 aromatic rings. The maximum Gasteiger partial charge on any atom is 0.416 e. The van der Waals surface area contributed by atoms with Crippen molar-refractivity contribution in [1.82, 2.24) is 0 Å². The zero-order valence-corrected chi connectivity index (χ0v) is 10.8. The summed E-state index contributed by atoms with van der Waals surface area (Å²) in [5.41, 5.74) is -1.38. The van der Waals surface area contributed by atoms with E-state index in [9.17, 15) is 23.1 Å². The summed E-state index contributed by atoms with van der Waals surface area (Å²) in [6.07, 6.45) is -2.71. The number of alkyl halides is 3. The number of aliphatic carboxylic acids is 1. The number of carboxylic acid groups (broad SMARTS) is 1. The second kappa shape index (κ2) is 4.26. The first-order valence-corrected chi connectivity index (χ1v) is 6.17. The van der Waals surface area contributed by atoms with Gasteiger partial charge in [-0.15, -0.1) is 0 Å². The molecule has 0 amide bonds. The molecule has 1 aliphatic carbocycles. The van der Waals surface area contributed by atoms with Crippen LogP contribution in [0.5, 0.6) is 0 Å². The van der Waals surface area contributed by atoms with Crippen LogP contribution >= 0.6 is 15.9 Å². The SMILES string of the molecule is O=C(O)C1(c2ccc(C(F)(F)F)cc2Br)CCC1. The summed E-state index contributed by atoms with van der Waals surface area (Å²) < 4.78 is 37.7. The molecule has 18 heavy (non-hydrogen) atoms. The average molecular weight is 323 g/mol. The standard InChI is InChI=1S/C12H10BrF3O2/c13-9-6-7(12(14,15)16)2-3-8(9)11(10(17)18)4-1-5-11/h2-3,6H,1,4-5H2,(H,17,18). The van der Waals surface area contributed by atoms with E-state index in [1.807, 2.05) is 0 Å². The van der Waals surface area contributed by atoms with E-state index in [0.29, 0.717) is 18.4 Å². The minimum absolute atomic E-state index is 0.208. The van der Waals surface area contributed by atoms with Gasteiger partial charge in [0.25, 0.3) is 0 Å². The van der Waals surface area contributed by atoms with Crippen molar-refractivity contribution in [2.45, 2.75) is 30.9 Å². The second-order valence-electron chi connectivity index (χ2n) is 4.43. The summed E-state index contributed by atoms with van der Waals surface area (Å²) in [4.78, 5) is 11.3. The Morgan fingerprint density at radius 2 is 1.94 bits per heavy atom. The maximum atomic E-state index is 12.5. The van der Waals surface area contributed by atoms with Gasteiger partial charge in [0.05, 0.1) is 11.0 Å². The predicted molar refractivity (Wildman–Crippen MR) is 62.3 cm³/mol. The van der Waals surface area contributed by atoms with Crippen LogP contribution in [-0.4, -0.2) is 11.1 Å². The number of hydrogen-bond acceptors (Lipinski definition) is 1. The number of rotatable bonds is 2. The van der Waals surface area contributed by atoms with Gasteiger partial charge in [-0.05, 0) is 30.5 Å². The Hall–Kier alpha value is -1.04. The van der Waals surface area contributed by atoms with Gasteiger partial charge in [-0.3, -0.25) is 4.79 Å². The Kier molecular flexibility index (Phi) is 3.17. The Labute approximate surface area is 110 Å². The molecule has 1 saturated carbocycles. The zero-order valence-electron chi connectivity index (χ0n) is 9.22. The number of benzene rings is 1. The van der Waals surface area contributed by atoms with Crippen LogP contribution in [0.15, 0.2) is 22.7 Å². The Morgan fingerprint density at radius 3 is 2.28 bits per heavy atom. The van der Waals surface area contributed by atoms with Crippen LogP contribution in [0.25, 0.3) is 0 Å². The first kappa shape index (κ1) is 13.4. The van der Waals surface area contributed by atoms with Crippen LogP contribution in [0.3, 0.4) is 0 Å². The molecule has 1 aliphatic rings. The number of carboxylic acids is 1. The van der Waals surface area contributed by atoms with Gasteiger partial charge in [-0.1, -0.05) is 28.4 Å². The molecule has 0 radical (unpaired) electrons. The molecule has 2 rings (SSSR count). The summed E-state index contributed by atoms with van der Waals surface area (Å²) in [5, 5.41) is 9.25. The van der Waals surface area contributed by atoms with Crippen LogP contribution in [0.1, 0.15) is 30.4 Å². The highest BCUT2D eigenvalue weighted by Crippen LogP contribution is 2.47. The van der Waals surface area contributed by atoms with Crippen molar-refractivity contribution in [2.24, 2.45) is 0 Å². The minimum Gasteiger partial charge on any atom is -0.481 e. The maximum absolute atomic E-state index is 12.5. The fourth-order valence-electron chi connectivity index (χ4n) is 2.21. The van der Waals surface area contributed by atoms with Gasteiger partial charge in [0.1, 0.15) is 0 Å². The van der Waals surface area contributed by atoms with Crippen molar-refractivity contribution < 1.29 is 23.1 Å². The van der Waals surface area contributed by atoms with Gasteiger partial charge in [0.15, 0.2) is 0 Å². The summed E-state index contributed by atoms with van der Waals surface area (Å²) >= 11 is 3.06. The Balaban J connectivity index is 2.45. The molecular weight excluding hydrogens is 313 g/mol. The lowest BCUT2D eigenvalue weighted by Gasteiger charge is -2.38. The fraction of sp³-hybridized carbons (Fsp3) is 0.417. The second-order valence-corrected chi connectivity index (χ2v) is 5.29. The van der Waals surface area contributed by atoms with E-state index in [2.05, 4.69) is 15.9 Å². The Bertz CT molecular complexity index is 493. The summed E-state index contributed by atoms with van der Waals surface area (Å²) in [7, 11) is 0. The highest BCUT2D eigenvalue weighted by molar-refractivity contribution is 9.10. The van der Waals surface area contributed by atoms with Crippen molar-refractivity contribution in [3.8, 4) is 0 Å². The van der Waals surface area contributed by atoms with Crippen molar-refractivity contribution in [3.05, 3.63) is 33.8 Å². The zero-order chi connectivity index (χ0) is 13.6. The van der Waals surface area contributed by atoms with E-state index in [1.54, 1.807) is 0 Å². The van der Waals surface area contributed by atoms with Crippen molar-refractivity contribution in [3.63, 3.8) is 0 Å². The summed E-state index contributed by atoms with van der Waals surface area (Å²) in [6.45, 7) is 0. The quantitative estimate of drug-likeness (QED) is 0.894. The first-order chi connectivity index (χ1) is 8.27. The largest absolute Gasteiger partial charge is 0.481 e. The third-order valence-corrected chi connectivity index (χ3v) is 4.08. The van der Waals surface area contributed by atoms with Gasteiger partial charge < -0.3 is 5.11 Å². The molecule has 0 bridgehead atoms. The molecule has 2 nitrogen and oxygen atoms in total. The molecule has 0 saturated heterocycles. The lowest BCUT2D eigenvalue weighted by Crippen LogP contribution is -2.42. The average Bonchev–Trinajstić information content (AvgIpc) is 2.16. The molecule has 0 unspecified atom stereocenters. The van der Waals surface area contributed by atoms with Crippen molar-refractivity contribution >= 4 is 21.9 Å². The predicted octanol–water partition coefficient (Wildman–Crippen LogP) is 3.97. The van der Waals surface area contributed by atoms with Crippen LogP contribution in [0.2, 0.25) is 0 Å². The number of carbonyl (C=O) groups is 1. The fourth-order valence-corrected chi connectivity index (χ4v) is 2.97. The molecule has 0 heterocycles. The number of hydrogen-bond donors (Lipinski definition) is 1. The molecular formula is C12H10BrF3O2.